The number of carboxylic acid groups (broad SMARTS) is 1. The minimum atomic E-state index is -1.19. The number of para-hydroxylation sites is 1. The number of pyridine rings is 1. The van der Waals surface area contributed by atoms with Crippen LogP contribution in [0.1, 0.15) is 16.1 Å². The molecule has 4 heteroatoms. The zero-order valence-electron chi connectivity index (χ0n) is 8.65. The molecule has 70 valence electrons. The molecule has 0 radical (unpaired) electrons. The molecule has 2 aromatic rings. The van der Waals surface area contributed by atoms with E-state index in [1.165, 1.54) is 6.07 Å². The Morgan fingerprint density at radius 3 is 2.67 bits per heavy atom. The summed E-state index contributed by atoms with van der Waals surface area (Å²) in [5, 5.41) is 11.6. The molecular formula is C11H8LiNO2. The van der Waals surface area contributed by atoms with Gasteiger partial charge in [-0.15, -0.1) is 0 Å². The first kappa shape index (κ1) is 11.8. The second kappa shape index (κ2) is 4.48. The van der Waals surface area contributed by atoms with Gasteiger partial charge in [0.2, 0.25) is 0 Å². The number of carbonyl (C=O) groups excluding carboxylic acids is 1. The molecule has 0 amide bonds. The van der Waals surface area contributed by atoms with Crippen molar-refractivity contribution in [3.63, 3.8) is 0 Å². The summed E-state index contributed by atoms with van der Waals surface area (Å²) in [7, 11) is 0. The van der Waals surface area contributed by atoms with E-state index in [4.69, 9.17) is 0 Å². The molecule has 0 atom stereocenters. The van der Waals surface area contributed by atoms with E-state index >= 15 is 0 Å². The van der Waals surface area contributed by atoms with Crippen LogP contribution in [0.5, 0.6) is 0 Å². The monoisotopic (exact) mass is 193 g/mol. The van der Waals surface area contributed by atoms with Crippen LogP contribution in [-0.4, -0.2) is 11.0 Å². The Morgan fingerprint density at radius 1 is 1.27 bits per heavy atom. The third kappa shape index (κ3) is 2.20. The van der Waals surface area contributed by atoms with Gasteiger partial charge in [-0.1, -0.05) is 24.3 Å². The van der Waals surface area contributed by atoms with Gasteiger partial charge in [0, 0.05) is 16.6 Å². The van der Waals surface area contributed by atoms with Crippen molar-refractivity contribution in [2.75, 3.05) is 0 Å². The third-order valence-corrected chi connectivity index (χ3v) is 2.08. The summed E-state index contributed by atoms with van der Waals surface area (Å²) < 4.78 is 0. The maximum absolute atomic E-state index is 10.8. The minimum absolute atomic E-state index is 0. The molecular weight excluding hydrogens is 185 g/mol. The molecule has 1 heterocycles. The largest absolute Gasteiger partial charge is 1.00 e. The molecule has 0 bridgehead atoms. The molecule has 0 N–H and O–H groups in total. The van der Waals surface area contributed by atoms with Crippen molar-refractivity contribution in [2.24, 2.45) is 0 Å². The van der Waals surface area contributed by atoms with Gasteiger partial charge in [-0.2, -0.15) is 0 Å². The molecule has 0 aliphatic rings. The Kier molecular flexibility index (Phi) is 3.51. The van der Waals surface area contributed by atoms with Crippen molar-refractivity contribution in [2.45, 2.75) is 6.92 Å². The Labute approximate surface area is 99.3 Å². The molecule has 0 unspecified atom stereocenters. The average molecular weight is 193 g/mol. The number of nitrogens with zero attached hydrogens (tertiary/aromatic N) is 1. The van der Waals surface area contributed by atoms with E-state index < -0.39 is 5.97 Å². The molecule has 0 saturated carbocycles. The summed E-state index contributed by atoms with van der Waals surface area (Å²) in [6.07, 6.45) is 0. The van der Waals surface area contributed by atoms with E-state index in [9.17, 15) is 9.90 Å². The predicted octanol–water partition coefficient (Wildman–Crippen LogP) is -2.09. The fraction of sp³-hybridized carbons (Fsp3) is 0.0909. The number of aryl methyl sites for hydroxylation is 1. The average Bonchev–Trinajstić information content (AvgIpc) is 2.16. The summed E-state index contributed by atoms with van der Waals surface area (Å²) in [6, 6.07) is 8.72. The first-order chi connectivity index (χ1) is 6.68. The van der Waals surface area contributed by atoms with Gasteiger partial charge in [0.05, 0.1) is 11.5 Å². The second-order valence-corrected chi connectivity index (χ2v) is 3.12. The summed E-state index contributed by atoms with van der Waals surface area (Å²) in [6.45, 7) is 1.82. The summed E-state index contributed by atoms with van der Waals surface area (Å²) in [4.78, 5) is 15.0. The van der Waals surface area contributed by atoms with Crippen molar-refractivity contribution >= 4 is 16.9 Å². The van der Waals surface area contributed by atoms with Crippen LogP contribution >= 0.6 is 0 Å². The fourth-order valence-electron chi connectivity index (χ4n) is 1.41. The second-order valence-electron chi connectivity index (χ2n) is 3.12. The van der Waals surface area contributed by atoms with E-state index in [2.05, 4.69) is 4.98 Å². The van der Waals surface area contributed by atoms with Crippen molar-refractivity contribution < 1.29 is 28.8 Å². The number of hydrogen-bond acceptors (Lipinski definition) is 3. The van der Waals surface area contributed by atoms with Gasteiger partial charge >= 0.3 is 18.9 Å². The molecule has 0 saturated heterocycles. The number of carboxylic acids is 1. The normalized spacial score (nSPS) is 9.67. The maximum atomic E-state index is 10.8. The summed E-state index contributed by atoms with van der Waals surface area (Å²) >= 11 is 0. The first-order valence-electron chi connectivity index (χ1n) is 4.26. The summed E-state index contributed by atoms with van der Waals surface area (Å²) in [5.74, 6) is -1.19. The minimum Gasteiger partial charge on any atom is -0.545 e. The Balaban J connectivity index is 0.00000112. The van der Waals surface area contributed by atoms with Crippen molar-refractivity contribution in [1.29, 1.82) is 0 Å². The van der Waals surface area contributed by atoms with Crippen molar-refractivity contribution in [3.8, 4) is 0 Å². The third-order valence-electron chi connectivity index (χ3n) is 2.08. The van der Waals surface area contributed by atoms with Crippen LogP contribution in [0.4, 0.5) is 0 Å². The van der Waals surface area contributed by atoms with Gasteiger partial charge in [-0.3, -0.25) is 4.98 Å². The zero-order chi connectivity index (χ0) is 10.1. The van der Waals surface area contributed by atoms with Gasteiger partial charge in [0.15, 0.2) is 0 Å². The fourth-order valence-corrected chi connectivity index (χ4v) is 1.41. The van der Waals surface area contributed by atoms with E-state index in [0.29, 0.717) is 5.52 Å². The molecule has 1 aromatic carbocycles. The van der Waals surface area contributed by atoms with Crippen LogP contribution in [0.25, 0.3) is 10.9 Å². The number of aromatic nitrogens is 1. The molecule has 0 aliphatic carbocycles. The van der Waals surface area contributed by atoms with Crippen LogP contribution in [-0.2, 0) is 0 Å². The van der Waals surface area contributed by atoms with Crippen molar-refractivity contribution in [3.05, 3.63) is 41.6 Å². The molecule has 0 aliphatic heterocycles. The van der Waals surface area contributed by atoms with Crippen LogP contribution < -0.4 is 24.0 Å². The first-order valence-corrected chi connectivity index (χ1v) is 4.26. The topological polar surface area (TPSA) is 53.0 Å². The number of hydrogen-bond donors (Lipinski definition) is 0. The number of benzene rings is 1. The molecule has 2 rings (SSSR count). The van der Waals surface area contributed by atoms with Crippen LogP contribution in [0.3, 0.4) is 0 Å². The predicted molar refractivity (Wildman–Crippen MR) is 50.8 cm³/mol. The SMILES string of the molecule is Cc1ccc2cccc(C(=O)[O-])c2n1.[Li+]. The van der Waals surface area contributed by atoms with E-state index in [1.54, 1.807) is 6.07 Å². The quantitative estimate of drug-likeness (QED) is 0.488. The van der Waals surface area contributed by atoms with Gasteiger partial charge in [0.1, 0.15) is 0 Å². The van der Waals surface area contributed by atoms with Crippen LogP contribution in [0, 0.1) is 6.92 Å². The molecule has 15 heavy (non-hydrogen) atoms. The Hall–Kier alpha value is -1.30. The van der Waals surface area contributed by atoms with Crippen molar-refractivity contribution in [1.82, 2.24) is 4.98 Å². The van der Waals surface area contributed by atoms with Crippen LogP contribution in [0.2, 0.25) is 0 Å². The van der Waals surface area contributed by atoms with Gasteiger partial charge < -0.3 is 9.90 Å². The number of aromatic carboxylic acids is 1. The molecule has 0 fully saturated rings. The zero-order valence-corrected chi connectivity index (χ0v) is 8.65. The van der Waals surface area contributed by atoms with Gasteiger partial charge in [-0.25, -0.2) is 0 Å². The molecule has 1 aromatic heterocycles. The Morgan fingerprint density at radius 2 is 2.00 bits per heavy atom. The van der Waals surface area contributed by atoms with E-state index in [0.717, 1.165) is 11.1 Å². The molecule has 0 spiro atoms. The number of carbonyl (C=O) groups is 1. The van der Waals surface area contributed by atoms with E-state index in [1.807, 2.05) is 25.1 Å². The molecule has 3 nitrogen and oxygen atoms in total. The standard InChI is InChI=1S/C11H9NO2.Li/c1-7-5-6-8-3-2-4-9(11(13)14)10(8)12-7;/h2-6H,1H3,(H,13,14);/q;+1/p-1. The van der Waals surface area contributed by atoms with Gasteiger partial charge in [0.25, 0.3) is 0 Å². The number of fused-ring (bicyclic) bond motifs is 1. The van der Waals surface area contributed by atoms with Crippen LogP contribution in [0.15, 0.2) is 30.3 Å². The van der Waals surface area contributed by atoms with Gasteiger partial charge in [-0.05, 0) is 13.0 Å². The maximum Gasteiger partial charge on any atom is 1.00 e. The summed E-state index contributed by atoms with van der Waals surface area (Å²) in [5.41, 5.74) is 1.44. The Bertz CT molecular complexity index is 511. The van der Waals surface area contributed by atoms with E-state index in [-0.39, 0.29) is 24.4 Å². The smallest absolute Gasteiger partial charge is 0.545 e. The number of rotatable bonds is 1.